The Kier molecular flexibility index (Phi) is 6.05. The highest BCUT2D eigenvalue weighted by Gasteiger charge is 2.21. The summed E-state index contributed by atoms with van der Waals surface area (Å²) >= 11 is 0. The molecule has 0 atom stereocenters. The van der Waals surface area contributed by atoms with Gasteiger partial charge in [-0.3, -0.25) is 0 Å². The molecular weight excluding hydrogens is 308 g/mol. The van der Waals surface area contributed by atoms with Crippen molar-refractivity contribution in [2.75, 3.05) is 0 Å². The number of aryl methyl sites for hydroxylation is 1. The van der Waals surface area contributed by atoms with Crippen LogP contribution in [-0.2, 0) is 5.41 Å². The van der Waals surface area contributed by atoms with E-state index < -0.39 is 10.2 Å². The molecular formula is C16H19ClO5. The van der Waals surface area contributed by atoms with Crippen molar-refractivity contribution >= 4 is 0 Å². The zero-order valence-corrected chi connectivity index (χ0v) is 13.7. The molecule has 1 aromatic carbocycles. The Labute approximate surface area is 132 Å². The number of halogens is 1. The van der Waals surface area contributed by atoms with E-state index in [4.69, 9.17) is 23.1 Å². The predicted molar refractivity (Wildman–Crippen MR) is 72.0 cm³/mol. The second-order valence-corrected chi connectivity index (χ2v) is 6.57. The lowest BCUT2D eigenvalue weighted by atomic mass is 9.87. The zero-order valence-electron chi connectivity index (χ0n) is 13.0. The van der Waals surface area contributed by atoms with Gasteiger partial charge in [0.25, 0.3) is 0 Å². The van der Waals surface area contributed by atoms with Crippen LogP contribution in [0.25, 0.3) is 11.3 Å². The maximum atomic E-state index is 8.49. The van der Waals surface area contributed by atoms with Crippen LogP contribution in [0.1, 0.15) is 32.1 Å². The first-order chi connectivity index (χ1) is 9.97. The molecule has 1 aromatic heterocycles. The van der Waals surface area contributed by atoms with Gasteiger partial charge >= 0.3 is 11.5 Å². The maximum Gasteiger partial charge on any atom is 0.360 e. The van der Waals surface area contributed by atoms with Crippen molar-refractivity contribution in [3.63, 3.8) is 0 Å². The van der Waals surface area contributed by atoms with Crippen molar-refractivity contribution in [1.29, 1.82) is 0 Å². The van der Waals surface area contributed by atoms with Crippen LogP contribution >= 0.6 is 0 Å². The van der Waals surface area contributed by atoms with Crippen LogP contribution in [0.2, 0.25) is 0 Å². The Balaban J connectivity index is 0.000000422. The second kappa shape index (κ2) is 7.17. The molecule has 0 amide bonds. The van der Waals surface area contributed by atoms with Crippen molar-refractivity contribution in [3.8, 4) is 11.3 Å². The van der Waals surface area contributed by atoms with E-state index in [1.807, 2.05) is 25.1 Å². The molecule has 0 saturated heterocycles. The summed E-state index contributed by atoms with van der Waals surface area (Å²) in [7, 11) is -4.94. The van der Waals surface area contributed by atoms with E-state index in [-0.39, 0.29) is 5.41 Å². The van der Waals surface area contributed by atoms with E-state index >= 15 is 0 Å². The second-order valence-electron chi connectivity index (χ2n) is 5.81. The standard InChI is InChI=1S/C16H19O.ClHO4/c1-12-10-14(16(2,3)4)11-15(17-12)13-8-6-5-7-9-13;2-1(3,4)5/h5-11H,1-4H3;(H,2,3,4,5)/q+1;/p-1. The fourth-order valence-electron chi connectivity index (χ4n) is 1.81. The summed E-state index contributed by atoms with van der Waals surface area (Å²) in [5.41, 5.74) is 2.58. The van der Waals surface area contributed by atoms with Crippen LogP contribution in [0.5, 0.6) is 0 Å². The molecule has 2 aromatic rings. The van der Waals surface area contributed by atoms with Crippen molar-refractivity contribution in [2.24, 2.45) is 0 Å². The lowest BCUT2D eigenvalue weighted by Gasteiger charge is -2.17. The fourth-order valence-corrected chi connectivity index (χ4v) is 1.81. The van der Waals surface area contributed by atoms with E-state index in [1.165, 1.54) is 5.56 Å². The molecule has 1 heterocycles. The van der Waals surface area contributed by atoms with Gasteiger partial charge in [0.05, 0.1) is 12.5 Å². The lowest BCUT2D eigenvalue weighted by molar-refractivity contribution is -2.00. The molecule has 0 spiro atoms. The minimum Gasteiger partial charge on any atom is -0.222 e. The zero-order chi connectivity index (χ0) is 17.0. The van der Waals surface area contributed by atoms with Gasteiger partial charge in [-0.25, -0.2) is 23.1 Å². The van der Waals surface area contributed by atoms with Crippen LogP contribution in [-0.4, -0.2) is 0 Å². The van der Waals surface area contributed by atoms with E-state index in [1.54, 1.807) is 0 Å². The first-order valence-electron chi connectivity index (χ1n) is 6.59. The molecule has 0 saturated carbocycles. The third-order valence-electron chi connectivity index (χ3n) is 2.84. The van der Waals surface area contributed by atoms with Gasteiger partial charge in [0.15, 0.2) is 0 Å². The van der Waals surface area contributed by atoms with Crippen molar-refractivity contribution < 1.29 is 33.3 Å². The van der Waals surface area contributed by atoms with Crippen LogP contribution in [0.3, 0.4) is 0 Å². The van der Waals surface area contributed by atoms with Crippen LogP contribution in [0, 0.1) is 17.2 Å². The Morgan fingerprint density at radius 3 is 1.86 bits per heavy atom. The van der Waals surface area contributed by atoms with Gasteiger partial charge in [-0.2, -0.15) is 0 Å². The van der Waals surface area contributed by atoms with Gasteiger partial charge in [-0.15, -0.1) is 10.2 Å². The summed E-state index contributed by atoms with van der Waals surface area (Å²) in [5.74, 6) is 1.90. The van der Waals surface area contributed by atoms with E-state index in [0.717, 1.165) is 17.1 Å². The Morgan fingerprint density at radius 2 is 1.41 bits per heavy atom. The third-order valence-corrected chi connectivity index (χ3v) is 2.84. The Hall–Kier alpha value is -1.50. The number of rotatable bonds is 1. The van der Waals surface area contributed by atoms with E-state index in [2.05, 4.69) is 45.0 Å². The lowest BCUT2D eigenvalue weighted by Crippen LogP contribution is -2.68. The van der Waals surface area contributed by atoms with E-state index in [9.17, 15) is 0 Å². The molecule has 0 bridgehead atoms. The fraction of sp³-hybridized carbons (Fsp3) is 0.312. The SMILES string of the molecule is Cc1cc(C(C)(C)C)cc(-c2ccccc2)[o+]1.[O-][Cl+3]([O-])([O-])[O-]. The smallest absolute Gasteiger partial charge is 0.222 e. The van der Waals surface area contributed by atoms with Gasteiger partial charge in [-0.1, -0.05) is 39.0 Å². The van der Waals surface area contributed by atoms with Gasteiger partial charge in [0, 0.05) is 12.1 Å². The van der Waals surface area contributed by atoms with Gasteiger partial charge in [-0.05, 0) is 23.1 Å². The first kappa shape index (κ1) is 18.5. The molecule has 0 aliphatic carbocycles. The molecule has 120 valence electrons. The van der Waals surface area contributed by atoms with Crippen LogP contribution in [0.4, 0.5) is 0 Å². The molecule has 22 heavy (non-hydrogen) atoms. The average Bonchev–Trinajstić information content (AvgIpc) is 2.36. The molecule has 2 rings (SSSR count). The van der Waals surface area contributed by atoms with Crippen molar-refractivity contribution in [1.82, 2.24) is 0 Å². The van der Waals surface area contributed by atoms with Crippen molar-refractivity contribution in [3.05, 3.63) is 53.8 Å². The number of hydrogen-bond donors (Lipinski definition) is 0. The van der Waals surface area contributed by atoms with E-state index in [0.29, 0.717) is 0 Å². The van der Waals surface area contributed by atoms with Crippen molar-refractivity contribution in [2.45, 2.75) is 33.1 Å². The summed E-state index contributed by atoms with van der Waals surface area (Å²) in [6.45, 7) is 8.66. The number of hydrogen-bond acceptors (Lipinski definition) is 4. The Morgan fingerprint density at radius 1 is 0.909 bits per heavy atom. The summed E-state index contributed by atoms with van der Waals surface area (Å²) < 4.78 is 39.8. The quantitative estimate of drug-likeness (QED) is 0.690. The van der Waals surface area contributed by atoms with Gasteiger partial charge in [0.2, 0.25) is 0 Å². The minimum absolute atomic E-state index is 0.144. The molecule has 0 unspecified atom stereocenters. The van der Waals surface area contributed by atoms with Crippen LogP contribution in [0.15, 0.2) is 46.9 Å². The topological polar surface area (TPSA) is 104 Å². The summed E-state index contributed by atoms with van der Waals surface area (Å²) in [5, 5.41) is 0. The largest absolute Gasteiger partial charge is 0.360 e. The summed E-state index contributed by atoms with van der Waals surface area (Å²) in [6, 6.07) is 14.5. The predicted octanol–water partition coefficient (Wildman–Crippen LogP) is 0.0776. The molecule has 0 aliphatic rings. The molecule has 0 aliphatic heterocycles. The van der Waals surface area contributed by atoms with Gasteiger partial charge < -0.3 is 0 Å². The molecule has 0 radical (unpaired) electrons. The number of benzene rings is 1. The first-order valence-corrected chi connectivity index (χ1v) is 7.83. The molecule has 0 N–H and O–H groups in total. The highest BCUT2D eigenvalue weighted by molar-refractivity contribution is 5.58. The highest BCUT2D eigenvalue weighted by Crippen LogP contribution is 2.28. The Bertz CT molecular complexity index is 594. The average molecular weight is 327 g/mol. The monoisotopic (exact) mass is 326 g/mol. The maximum absolute atomic E-state index is 8.49. The molecule has 5 nitrogen and oxygen atoms in total. The molecule has 0 fully saturated rings. The summed E-state index contributed by atoms with van der Waals surface area (Å²) in [4.78, 5) is 0. The summed E-state index contributed by atoms with van der Waals surface area (Å²) in [6.07, 6.45) is 0. The normalized spacial score (nSPS) is 11.6. The molecule has 6 heteroatoms. The van der Waals surface area contributed by atoms with Crippen LogP contribution < -0.4 is 18.6 Å². The highest BCUT2D eigenvalue weighted by atomic mass is 35.7. The third kappa shape index (κ3) is 6.98. The minimum atomic E-state index is -4.94. The van der Waals surface area contributed by atoms with Gasteiger partial charge in [0.1, 0.15) is 0 Å².